The van der Waals surface area contributed by atoms with Crippen LogP contribution < -0.4 is 11.1 Å². The number of halogens is 1. The summed E-state index contributed by atoms with van der Waals surface area (Å²) in [5.74, 6) is -1.85. The van der Waals surface area contributed by atoms with Crippen LogP contribution in [0.3, 0.4) is 0 Å². The molecule has 1 aromatic carbocycles. The molecule has 6 heteroatoms. The second-order valence-corrected chi connectivity index (χ2v) is 4.06. The summed E-state index contributed by atoms with van der Waals surface area (Å²) in [6, 6.07) is 4.25. The summed E-state index contributed by atoms with van der Waals surface area (Å²) in [6.07, 6.45) is 0. The van der Waals surface area contributed by atoms with Gasteiger partial charge in [0.1, 0.15) is 0 Å². The largest absolute Gasteiger partial charge is 0.478 e. The first-order valence-corrected chi connectivity index (χ1v) is 5.37. The standard InChI is InChI=1S/C11H13ClN2O3/c1-6(5-13)10(15)14-9-3-2-7(12)4-8(9)11(16)17/h2-4,6H,5,13H2,1H3,(H,14,15)(H,16,17). The Kier molecular flexibility index (Phi) is 4.48. The highest BCUT2D eigenvalue weighted by molar-refractivity contribution is 6.31. The predicted octanol–water partition coefficient (Wildman–Crippen LogP) is 1.57. The molecule has 0 bridgehead atoms. The van der Waals surface area contributed by atoms with Crippen molar-refractivity contribution in [1.82, 2.24) is 0 Å². The van der Waals surface area contributed by atoms with Crippen LogP contribution in [0.15, 0.2) is 18.2 Å². The molecule has 92 valence electrons. The summed E-state index contributed by atoms with van der Waals surface area (Å²) >= 11 is 5.69. The fraction of sp³-hybridized carbons (Fsp3) is 0.273. The van der Waals surface area contributed by atoms with Crippen molar-refractivity contribution in [2.45, 2.75) is 6.92 Å². The number of carboxylic acid groups (broad SMARTS) is 1. The first-order chi connectivity index (χ1) is 7.95. The smallest absolute Gasteiger partial charge is 0.337 e. The zero-order chi connectivity index (χ0) is 13.0. The minimum absolute atomic E-state index is 0.0462. The highest BCUT2D eigenvalue weighted by atomic mass is 35.5. The average molecular weight is 257 g/mol. The van der Waals surface area contributed by atoms with E-state index >= 15 is 0 Å². The van der Waals surface area contributed by atoms with Crippen molar-refractivity contribution >= 4 is 29.2 Å². The van der Waals surface area contributed by atoms with Gasteiger partial charge in [0.25, 0.3) is 0 Å². The van der Waals surface area contributed by atoms with E-state index in [0.29, 0.717) is 5.02 Å². The maximum absolute atomic E-state index is 11.6. The van der Waals surface area contributed by atoms with Gasteiger partial charge in [-0.15, -0.1) is 0 Å². The van der Waals surface area contributed by atoms with Crippen LogP contribution >= 0.6 is 11.6 Å². The van der Waals surface area contributed by atoms with Gasteiger partial charge in [0, 0.05) is 17.5 Å². The lowest BCUT2D eigenvalue weighted by atomic mass is 10.1. The van der Waals surface area contributed by atoms with Gasteiger partial charge in [-0.2, -0.15) is 0 Å². The molecule has 1 amide bonds. The van der Waals surface area contributed by atoms with Gasteiger partial charge in [-0.3, -0.25) is 4.79 Å². The maximum atomic E-state index is 11.6. The maximum Gasteiger partial charge on any atom is 0.337 e. The summed E-state index contributed by atoms with van der Waals surface area (Å²) in [7, 11) is 0. The van der Waals surface area contributed by atoms with Crippen molar-refractivity contribution in [2.75, 3.05) is 11.9 Å². The number of carboxylic acids is 1. The Labute approximate surface area is 104 Å². The lowest BCUT2D eigenvalue weighted by Gasteiger charge is -2.12. The Hall–Kier alpha value is -1.59. The van der Waals surface area contributed by atoms with E-state index in [1.54, 1.807) is 6.92 Å². The van der Waals surface area contributed by atoms with Crippen molar-refractivity contribution in [1.29, 1.82) is 0 Å². The molecule has 17 heavy (non-hydrogen) atoms. The van der Waals surface area contributed by atoms with Gasteiger partial charge < -0.3 is 16.2 Å². The minimum atomic E-state index is -1.15. The number of carbonyl (C=O) groups is 2. The van der Waals surface area contributed by atoms with E-state index in [2.05, 4.69) is 5.32 Å². The minimum Gasteiger partial charge on any atom is -0.478 e. The van der Waals surface area contributed by atoms with E-state index in [0.717, 1.165) is 0 Å². The molecule has 0 aromatic heterocycles. The molecule has 4 N–H and O–H groups in total. The number of hydrogen-bond donors (Lipinski definition) is 3. The molecule has 5 nitrogen and oxygen atoms in total. The van der Waals surface area contributed by atoms with Crippen LogP contribution in [0.5, 0.6) is 0 Å². The van der Waals surface area contributed by atoms with E-state index < -0.39 is 5.97 Å². The molecule has 1 unspecified atom stereocenters. The Balaban J connectivity index is 2.98. The van der Waals surface area contributed by atoms with Gasteiger partial charge in [-0.1, -0.05) is 18.5 Å². The molecular weight excluding hydrogens is 244 g/mol. The van der Waals surface area contributed by atoms with Gasteiger partial charge in [0.15, 0.2) is 0 Å². The summed E-state index contributed by atoms with van der Waals surface area (Å²) in [5.41, 5.74) is 5.52. The number of aromatic carboxylic acids is 1. The Morgan fingerprint density at radius 2 is 2.18 bits per heavy atom. The second kappa shape index (κ2) is 5.65. The van der Waals surface area contributed by atoms with E-state index in [1.807, 2.05) is 0 Å². The Morgan fingerprint density at radius 1 is 1.53 bits per heavy atom. The third-order valence-corrected chi connectivity index (χ3v) is 2.51. The normalized spacial score (nSPS) is 11.9. The van der Waals surface area contributed by atoms with Crippen LogP contribution in [0.4, 0.5) is 5.69 Å². The van der Waals surface area contributed by atoms with E-state index in [1.165, 1.54) is 18.2 Å². The molecule has 0 radical (unpaired) electrons. The van der Waals surface area contributed by atoms with Crippen LogP contribution in [0, 0.1) is 5.92 Å². The number of amides is 1. The monoisotopic (exact) mass is 256 g/mol. The van der Waals surface area contributed by atoms with Crippen LogP contribution in [-0.4, -0.2) is 23.5 Å². The van der Waals surface area contributed by atoms with Crippen molar-refractivity contribution in [3.63, 3.8) is 0 Å². The fourth-order valence-corrected chi connectivity index (χ4v) is 1.34. The van der Waals surface area contributed by atoms with Gasteiger partial charge in [0.2, 0.25) is 5.91 Å². The van der Waals surface area contributed by atoms with Gasteiger partial charge in [-0.05, 0) is 18.2 Å². The van der Waals surface area contributed by atoms with E-state index in [9.17, 15) is 9.59 Å². The molecule has 0 spiro atoms. The number of nitrogens with one attached hydrogen (secondary N) is 1. The summed E-state index contributed by atoms with van der Waals surface area (Å²) in [6.45, 7) is 1.85. The van der Waals surface area contributed by atoms with E-state index in [4.69, 9.17) is 22.4 Å². The number of anilines is 1. The summed E-state index contributed by atoms with van der Waals surface area (Å²) < 4.78 is 0. The first-order valence-electron chi connectivity index (χ1n) is 4.99. The van der Waals surface area contributed by atoms with Crippen LogP contribution in [0.2, 0.25) is 5.02 Å². The molecule has 0 aliphatic carbocycles. The number of hydrogen-bond acceptors (Lipinski definition) is 3. The molecular formula is C11H13ClN2O3. The highest BCUT2D eigenvalue weighted by Crippen LogP contribution is 2.21. The third-order valence-electron chi connectivity index (χ3n) is 2.27. The topological polar surface area (TPSA) is 92.4 Å². The number of carbonyl (C=O) groups excluding carboxylic acids is 1. The molecule has 0 aliphatic rings. The predicted molar refractivity (Wildman–Crippen MR) is 65.3 cm³/mol. The van der Waals surface area contributed by atoms with Crippen molar-refractivity contribution in [3.8, 4) is 0 Å². The molecule has 0 saturated heterocycles. The van der Waals surface area contributed by atoms with Crippen molar-refractivity contribution in [2.24, 2.45) is 11.7 Å². The van der Waals surface area contributed by atoms with Gasteiger partial charge in [-0.25, -0.2) is 4.79 Å². The molecule has 1 rings (SSSR count). The molecule has 1 atom stereocenters. The quantitative estimate of drug-likeness (QED) is 0.762. The van der Waals surface area contributed by atoms with Crippen LogP contribution in [-0.2, 0) is 4.79 Å². The number of nitrogens with two attached hydrogens (primary N) is 1. The summed E-state index contributed by atoms with van der Waals surface area (Å²) in [4.78, 5) is 22.5. The third kappa shape index (κ3) is 3.44. The van der Waals surface area contributed by atoms with Gasteiger partial charge in [0.05, 0.1) is 11.3 Å². The highest BCUT2D eigenvalue weighted by Gasteiger charge is 2.16. The fourth-order valence-electron chi connectivity index (χ4n) is 1.17. The van der Waals surface area contributed by atoms with Crippen LogP contribution in [0.1, 0.15) is 17.3 Å². The van der Waals surface area contributed by atoms with Crippen LogP contribution in [0.25, 0.3) is 0 Å². The first kappa shape index (κ1) is 13.5. The summed E-state index contributed by atoms with van der Waals surface area (Å²) in [5, 5.41) is 11.8. The van der Waals surface area contributed by atoms with E-state index in [-0.39, 0.29) is 29.6 Å². The molecule has 0 saturated carbocycles. The molecule has 0 heterocycles. The number of benzene rings is 1. The van der Waals surface area contributed by atoms with Crippen molar-refractivity contribution in [3.05, 3.63) is 28.8 Å². The average Bonchev–Trinajstić information content (AvgIpc) is 2.29. The Bertz CT molecular complexity index is 448. The van der Waals surface area contributed by atoms with Gasteiger partial charge >= 0.3 is 5.97 Å². The molecule has 0 fully saturated rings. The zero-order valence-electron chi connectivity index (χ0n) is 9.24. The lowest BCUT2D eigenvalue weighted by molar-refractivity contribution is -0.119. The second-order valence-electron chi connectivity index (χ2n) is 3.62. The SMILES string of the molecule is CC(CN)C(=O)Nc1ccc(Cl)cc1C(=O)O. The molecule has 0 aliphatic heterocycles. The Morgan fingerprint density at radius 3 is 2.71 bits per heavy atom. The lowest BCUT2D eigenvalue weighted by Crippen LogP contribution is -2.27. The zero-order valence-corrected chi connectivity index (χ0v) is 9.99. The van der Waals surface area contributed by atoms with Crippen molar-refractivity contribution < 1.29 is 14.7 Å². The number of rotatable bonds is 4. The molecule has 1 aromatic rings.